The fraction of sp³-hybridized carbons (Fsp3) is 0.600. The van der Waals surface area contributed by atoms with E-state index in [0.29, 0.717) is 25.3 Å². The Hall–Kier alpha value is -1.11. The minimum absolute atomic E-state index is 0.268. The second kappa shape index (κ2) is 7.24. The zero-order chi connectivity index (χ0) is 16.2. The summed E-state index contributed by atoms with van der Waals surface area (Å²) in [5.41, 5.74) is 7.24. The lowest BCUT2D eigenvalue weighted by atomic mass is 10.2. The van der Waals surface area contributed by atoms with Gasteiger partial charge in [0.25, 0.3) is 0 Å². The summed E-state index contributed by atoms with van der Waals surface area (Å²) >= 11 is 0. The predicted molar refractivity (Wildman–Crippen MR) is 87.7 cm³/mol. The summed E-state index contributed by atoms with van der Waals surface area (Å²) in [5, 5.41) is 0. The van der Waals surface area contributed by atoms with Gasteiger partial charge in [-0.3, -0.25) is 0 Å². The molecule has 1 rings (SSSR count). The molecule has 0 aliphatic rings. The molecule has 0 heterocycles. The topological polar surface area (TPSA) is 66.6 Å². The van der Waals surface area contributed by atoms with Crippen molar-refractivity contribution in [3.63, 3.8) is 0 Å². The van der Waals surface area contributed by atoms with Crippen LogP contribution in [0, 0.1) is 12.8 Å². The Bertz CT molecular complexity index is 568. The first kappa shape index (κ1) is 17.9. The molecule has 0 amide bonds. The molecule has 1 aromatic rings. The number of hydrogen-bond acceptors (Lipinski definition) is 4. The van der Waals surface area contributed by atoms with E-state index in [1.807, 2.05) is 39.8 Å². The molecule has 0 atom stereocenters. The van der Waals surface area contributed by atoms with Gasteiger partial charge in [-0.15, -0.1) is 0 Å². The minimum atomic E-state index is -3.50. The maximum atomic E-state index is 12.8. The van der Waals surface area contributed by atoms with Gasteiger partial charge in [0.15, 0.2) is 0 Å². The number of hydrogen-bond donors (Lipinski definition) is 1. The van der Waals surface area contributed by atoms with Gasteiger partial charge in [0.1, 0.15) is 0 Å². The van der Waals surface area contributed by atoms with E-state index in [4.69, 9.17) is 5.73 Å². The van der Waals surface area contributed by atoms with Gasteiger partial charge in [-0.05, 0) is 44.6 Å². The Morgan fingerprint density at radius 1 is 1.19 bits per heavy atom. The van der Waals surface area contributed by atoms with E-state index in [-0.39, 0.29) is 10.8 Å². The summed E-state index contributed by atoms with van der Waals surface area (Å²) in [4.78, 5) is 2.25. The summed E-state index contributed by atoms with van der Waals surface area (Å²) in [6.45, 7) is 7.56. The van der Waals surface area contributed by atoms with Crippen molar-refractivity contribution in [3.8, 4) is 0 Å². The van der Waals surface area contributed by atoms with Crippen LogP contribution in [0.5, 0.6) is 0 Å². The Morgan fingerprint density at radius 2 is 1.81 bits per heavy atom. The summed E-state index contributed by atoms with van der Waals surface area (Å²) in [7, 11) is 0.365. The van der Waals surface area contributed by atoms with Crippen LogP contribution in [-0.2, 0) is 10.0 Å². The third-order valence-corrected chi connectivity index (χ3v) is 5.12. The summed E-state index contributed by atoms with van der Waals surface area (Å²) in [5.74, 6) is 0.268. The van der Waals surface area contributed by atoms with E-state index >= 15 is 0 Å². The molecule has 1 aromatic carbocycles. The van der Waals surface area contributed by atoms with Gasteiger partial charge in [-0.25, -0.2) is 8.42 Å². The highest BCUT2D eigenvalue weighted by Gasteiger charge is 2.25. The second-order valence-electron chi connectivity index (χ2n) is 6.08. The number of nitrogens with zero attached hydrogens (tertiary/aromatic N) is 2. The molecule has 0 saturated carbocycles. The number of likely N-dealkylation sites (N-methyl/N-ethyl adjacent to an activating group) is 1. The largest absolute Gasteiger partial charge is 0.398 e. The first-order valence-corrected chi connectivity index (χ1v) is 8.59. The molecule has 0 aromatic heterocycles. The molecule has 0 aliphatic carbocycles. The van der Waals surface area contributed by atoms with Crippen molar-refractivity contribution in [2.75, 3.05) is 39.5 Å². The van der Waals surface area contributed by atoms with Crippen LogP contribution >= 0.6 is 0 Å². The molecule has 0 radical (unpaired) electrons. The van der Waals surface area contributed by atoms with E-state index in [0.717, 1.165) is 5.56 Å². The standard InChI is InChI=1S/C15H27N3O2S/c1-12(2)11-18(9-8-17(4)5)21(19,20)14-7-6-13(3)15(16)10-14/h6-7,10,12H,8-9,11,16H2,1-5H3. The van der Waals surface area contributed by atoms with Crippen LogP contribution < -0.4 is 5.73 Å². The third-order valence-electron chi connectivity index (χ3n) is 3.25. The van der Waals surface area contributed by atoms with Crippen LogP contribution in [0.2, 0.25) is 0 Å². The van der Waals surface area contributed by atoms with Crippen LogP contribution in [-0.4, -0.2) is 51.4 Å². The summed E-state index contributed by atoms with van der Waals surface area (Å²) in [6.07, 6.45) is 0. The predicted octanol–water partition coefficient (Wildman–Crippen LogP) is 1.79. The summed E-state index contributed by atoms with van der Waals surface area (Å²) < 4.78 is 27.1. The van der Waals surface area contributed by atoms with Crippen molar-refractivity contribution in [3.05, 3.63) is 23.8 Å². The fourth-order valence-corrected chi connectivity index (χ4v) is 3.59. The van der Waals surface area contributed by atoms with E-state index in [1.54, 1.807) is 22.5 Å². The number of aryl methyl sites for hydroxylation is 1. The number of sulfonamides is 1. The molecular weight excluding hydrogens is 286 g/mol. The highest BCUT2D eigenvalue weighted by atomic mass is 32.2. The minimum Gasteiger partial charge on any atom is -0.398 e. The average molecular weight is 313 g/mol. The van der Waals surface area contributed by atoms with Crippen LogP contribution in [0.25, 0.3) is 0 Å². The molecule has 120 valence electrons. The maximum Gasteiger partial charge on any atom is 0.243 e. The molecule has 0 saturated heterocycles. The Morgan fingerprint density at radius 3 is 2.29 bits per heavy atom. The van der Waals surface area contributed by atoms with Gasteiger partial charge in [-0.1, -0.05) is 19.9 Å². The molecule has 0 bridgehead atoms. The molecular formula is C15H27N3O2S. The highest BCUT2D eigenvalue weighted by Crippen LogP contribution is 2.21. The number of rotatable bonds is 7. The zero-order valence-electron chi connectivity index (χ0n) is 13.6. The van der Waals surface area contributed by atoms with Crippen LogP contribution in [0.3, 0.4) is 0 Å². The normalized spacial score (nSPS) is 12.6. The Labute approximate surface area is 128 Å². The smallest absolute Gasteiger partial charge is 0.243 e. The van der Waals surface area contributed by atoms with Gasteiger partial charge in [0.2, 0.25) is 10.0 Å². The van der Waals surface area contributed by atoms with Crippen molar-refractivity contribution in [2.24, 2.45) is 5.92 Å². The molecule has 0 unspecified atom stereocenters. The van der Waals surface area contributed by atoms with E-state index in [9.17, 15) is 8.42 Å². The second-order valence-corrected chi connectivity index (χ2v) is 8.02. The van der Waals surface area contributed by atoms with Crippen molar-refractivity contribution in [1.29, 1.82) is 0 Å². The average Bonchev–Trinajstić information content (AvgIpc) is 2.36. The first-order valence-electron chi connectivity index (χ1n) is 7.15. The van der Waals surface area contributed by atoms with Gasteiger partial charge in [0.05, 0.1) is 4.90 Å². The lowest BCUT2D eigenvalue weighted by Gasteiger charge is -2.25. The highest BCUT2D eigenvalue weighted by molar-refractivity contribution is 7.89. The van der Waals surface area contributed by atoms with E-state index in [1.165, 1.54) is 0 Å². The monoisotopic (exact) mass is 313 g/mol. The van der Waals surface area contributed by atoms with Gasteiger partial charge >= 0.3 is 0 Å². The molecule has 0 aliphatic heterocycles. The van der Waals surface area contributed by atoms with Crippen LogP contribution in [0.15, 0.2) is 23.1 Å². The van der Waals surface area contributed by atoms with Crippen molar-refractivity contribution in [1.82, 2.24) is 9.21 Å². The zero-order valence-corrected chi connectivity index (χ0v) is 14.4. The van der Waals surface area contributed by atoms with Crippen molar-refractivity contribution < 1.29 is 8.42 Å². The lowest BCUT2D eigenvalue weighted by Crippen LogP contribution is -2.39. The van der Waals surface area contributed by atoms with Gasteiger partial charge in [0, 0.05) is 25.3 Å². The number of nitrogen functional groups attached to an aromatic ring is 1. The number of nitrogens with two attached hydrogens (primary N) is 1. The maximum absolute atomic E-state index is 12.8. The van der Waals surface area contributed by atoms with Gasteiger partial charge in [-0.2, -0.15) is 4.31 Å². The summed E-state index contributed by atoms with van der Waals surface area (Å²) in [6, 6.07) is 4.93. The molecule has 21 heavy (non-hydrogen) atoms. The van der Waals surface area contributed by atoms with E-state index in [2.05, 4.69) is 0 Å². The molecule has 5 nitrogen and oxygen atoms in total. The number of benzene rings is 1. The quantitative estimate of drug-likeness (QED) is 0.779. The van der Waals surface area contributed by atoms with Crippen LogP contribution in [0.4, 0.5) is 5.69 Å². The first-order chi connectivity index (χ1) is 9.64. The lowest BCUT2D eigenvalue weighted by molar-refractivity contribution is 0.312. The van der Waals surface area contributed by atoms with Crippen LogP contribution in [0.1, 0.15) is 19.4 Å². The van der Waals surface area contributed by atoms with Gasteiger partial charge < -0.3 is 10.6 Å². The Balaban J connectivity index is 3.09. The SMILES string of the molecule is Cc1ccc(S(=O)(=O)N(CCN(C)C)CC(C)C)cc1N. The molecule has 0 spiro atoms. The molecule has 2 N–H and O–H groups in total. The molecule has 0 fully saturated rings. The fourth-order valence-electron chi connectivity index (χ4n) is 1.96. The number of anilines is 1. The van der Waals surface area contributed by atoms with Crippen molar-refractivity contribution in [2.45, 2.75) is 25.7 Å². The van der Waals surface area contributed by atoms with E-state index < -0.39 is 10.0 Å². The van der Waals surface area contributed by atoms with Crippen molar-refractivity contribution >= 4 is 15.7 Å². The molecule has 6 heteroatoms. The Kier molecular flexibility index (Phi) is 6.19. The third kappa shape index (κ3) is 4.98.